The van der Waals surface area contributed by atoms with Gasteiger partial charge in [0, 0.05) is 16.6 Å². The van der Waals surface area contributed by atoms with Crippen LogP contribution in [0.2, 0.25) is 0 Å². The molecule has 3 aromatic rings. The average Bonchev–Trinajstić information content (AvgIpc) is 3.07. The minimum Gasteiger partial charge on any atom is -0.497 e. The molecule has 0 fully saturated rings. The molecule has 0 radical (unpaired) electrons. The Hall–Kier alpha value is -3.07. The summed E-state index contributed by atoms with van der Waals surface area (Å²) in [5.74, 6) is 1.21. The number of carbonyl (C=O) groups is 1. The van der Waals surface area contributed by atoms with Crippen molar-refractivity contribution in [2.24, 2.45) is 0 Å². The lowest BCUT2D eigenvalue weighted by Crippen LogP contribution is -2.24. The van der Waals surface area contributed by atoms with Crippen LogP contribution in [0.15, 0.2) is 46.9 Å². The van der Waals surface area contributed by atoms with Crippen LogP contribution >= 0.6 is 15.9 Å². The summed E-state index contributed by atoms with van der Waals surface area (Å²) < 4.78 is 12.9. The number of nitrogens with one attached hydrogen (secondary N) is 1. The minimum atomic E-state index is -0.396. The highest BCUT2D eigenvalue weighted by Gasteiger charge is 2.18. The lowest BCUT2D eigenvalue weighted by molar-refractivity contribution is 0.0946. The molecule has 3 N–H and O–H groups in total. The van der Waals surface area contributed by atoms with E-state index in [2.05, 4.69) is 31.6 Å². The van der Waals surface area contributed by atoms with Gasteiger partial charge in [0.25, 0.3) is 5.91 Å². The van der Waals surface area contributed by atoms with Crippen molar-refractivity contribution in [3.63, 3.8) is 0 Å². The highest BCUT2D eigenvalue weighted by Crippen LogP contribution is 2.24. The summed E-state index contributed by atoms with van der Waals surface area (Å²) in [5.41, 5.74) is 7.94. The van der Waals surface area contributed by atoms with E-state index >= 15 is 0 Å². The van der Waals surface area contributed by atoms with Crippen LogP contribution in [-0.4, -0.2) is 35.1 Å². The number of hydrogen-bond acceptors (Lipinski definition) is 6. The number of hydrogen-bond donors (Lipinski definition) is 2. The second-order valence-corrected chi connectivity index (χ2v) is 6.89. The molecule has 146 valence electrons. The summed E-state index contributed by atoms with van der Waals surface area (Å²) in [6.45, 7) is 0.645. The molecule has 0 aliphatic carbocycles. The van der Waals surface area contributed by atoms with E-state index in [-0.39, 0.29) is 11.5 Å². The van der Waals surface area contributed by atoms with Crippen LogP contribution in [0.4, 0.5) is 5.82 Å². The Morgan fingerprint density at radius 1 is 1.21 bits per heavy atom. The fraction of sp³-hybridized carbons (Fsp3) is 0.211. The summed E-state index contributed by atoms with van der Waals surface area (Å²) in [5, 5.41) is 10.7. The molecule has 9 heteroatoms. The van der Waals surface area contributed by atoms with Gasteiger partial charge in [-0.05, 0) is 35.9 Å². The van der Waals surface area contributed by atoms with E-state index in [1.165, 1.54) is 4.68 Å². The number of amides is 1. The molecule has 1 heterocycles. The van der Waals surface area contributed by atoms with Crippen molar-refractivity contribution in [2.45, 2.75) is 13.1 Å². The van der Waals surface area contributed by atoms with Crippen LogP contribution < -0.4 is 20.5 Å². The van der Waals surface area contributed by atoms with Gasteiger partial charge in [0.15, 0.2) is 11.5 Å². The van der Waals surface area contributed by atoms with Crippen LogP contribution in [0.25, 0.3) is 0 Å². The van der Waals surface area contributed by atoms with Gasteiger partial charge in [-0.3, -0.25) is 4.79 Å². The van der Waals surface area contributed by atoms with Crippen molar-refractivity contribution < 1.29 is 14.3 Å². The fourth-order valence-electron chi connectivity index (χ4n) is 2.68. The molecule has 3 rings (SSSR count). The van der Waals surface area contributed by atoms with E-state index in [1.807, 2.05) is 42.5 Å². The highest BCUT2D eigenvalue weighted by molar-refractivity contribution is 9.10. The van der Waals surface area contributed by atoms with E-state index in [0.29, 0.717) is 18.8 Å². The first kappa shape index (κ1) is 19.7. The first-order valence-electron chi connectivity index (χ1n) is 8.44. The number of nitrogens with zero attached hydrogens (tertiary/aromatic N) is 3. The minimum absolute atomic E-state index is 0.0804. The predicted molar refractivity (Wildman–Crippen MR) is 108 cm³/mol. The van der Waals surface area contributed by atoms with Crippen LogP contribution in [0.3, 0.4) is 0 Å². The molecule has 0 saturated heterocycles. The zero-order valence-corrected chi connectivity index (χ0v) is 17.1. The maximum absolute atomic E-state index is 12.5. The van der Waals surface area contributed by atoms with Crippen molar-refractivity contribution >= 4 is 27.7 Å². The number of rotatable bonds is 7. The number of nitrogen functional groups attached to an aromatic ring is 1. The Morgan fingerprint density at radius 2 is 2.04 bits per heavy atom. The average molecular weight is 446 g/mol. The molecular formula is C19H20BrN5O3. The molecule has 2 aromatic carbocycles. The van der Waals surface area contributed by atoms with Crippen molar-refractivity contribution in [1.29, 1.82) is 0 Å². The monoisotopic (exact) mass is 445 g/mol. The Morgan fingerprint density at radius 3 is 2.79 bits per heavy atom. The Labute approximate surface area is 170 Å². The zero-order chi connectivity index (χ0) is 20.1. The van der Waals surface area contributed by atoms with Crippen LogP contribution in [-0.2, 0) is 13.1 Å². The van der Waals surface area contributed by atoms with Crippen molar-refractivity contribution in [1.82, 2.24) is 20.3 Å². The lowest BCUT2D eigenvalue weighted by atomic mass is 10.2. The van der Waals surface area contributed by atoms with Crippen molar-refractivity contribution in [3.05, 3.63) is 63.8 Å². The van der Waals surface area contributed by atoms with E-state index in [0.717, 1.165) is 21.3 Å². The number of halogens is 1. The van der Waals surface area contributed by atoms with Crippen LogP contribution in [0.5, 0.6) is 11.5 Å². The van der Waals surface area contributed by atoms with Crippen molar-refractivity contribution in [3.8, 4) is 11.5 Å². The largest absolute Gasteiger partial charge is 0.497 e. The molecule has 0 aliphatic heterocycles. The number of anilines is 1. The van der Waals surface area contributed by atoms with Gasteiger partial charge in [-0.25, -0.2) is 4.68 Å². The van der Waals surface area contributed by atoms with Crippen LogP contribution in [0, 0.1) is 0 Å². The summed E-state index contributed by atoms with van der Waals surface area (Å²) in [7, 11) is 3.19. The molecule has 1 aromatic heterocycles. The summed E-state index contributed by atoms with van der Waals surface area (Å²) in [4.78, 5) is 12.5. The van der Waals surface area contributed by atoms with Gasteiger partial charge in [0.05, 0.1) is 20.8 Å². The smallest absolute Gasteiger partial charge is 0.275 e. The second-order valence-electron chi connectivity index (χ2n) is 5.97. The molecule has 0 aliphatic rings. The molecule has 0 bridgehead atoms. The molecule has 0 unspecified atom stereocenters. The van der Waals surface area contributed by atoms with Crippen LogP contribution in [0.1, 0.15) is 21.6 Å². The van der Waals surface area contributed by atoms with Gasteiger partial charge < -0.3 is 20.5 Å². The Balaban J connectivity index is 1.71. The number of nitrogens with two attached hydrogens (primary N) is 1. The van der Waals surface area contributed by atoms with Gasteiger partial charge in [-0.2, -0.15) is 0 Å². The maximum Gasteiger partial charge on any atom is 0.275 e. The molecule has 28 heavy (non-hydrogen) atoms. The van der Waals surface area contributed by atoms with Crippen molar-refractivity contribution in [2.75, 3.05) is 20.0 Å². The number of carbonyl (C=O) groups excluding carboxylic acids is 1. The normalized spacial score (nSPS) is 10.5. The van der Waals surface area contributed by atoms with Gasteiger partial charge in [0.1, 0.15) is 11.5 Å². The SMILES string of the molecule is COc1cccc(CNC(=O)c2nnn(Cc3cc(Br)ccc3OC)c2N)c1. The number of methoxy groups -OCH3 is 2. The van der Waals surface area contributed by atoms with Gasteiger partial charge in [-0.15, -0.1) is 5.10 Å². The number of ether oxygens (including phenoxy) is 2. The summed E-state index contributed by atoms with van der Waals surface area (Å²) >= 11 is 3.43. The quantitative estimate of drug-likeness (QED) is 0.578. The molecule has 0 spiro atoms. The van der Waals surface area contributed by atoms with E-state index in [9.17, 15) is 4.79 Å². The molecular weight excluding hydrogens is 426 g/mol. The third kappa shape index (κ3) is 4.42. The van der Waals surface area contributed by atoms with E-state index < -0.39 is 5.91 Å². The third-order valence-corrected chi connectivity index (χ3v) is 4.63. The topological polar surface area (TPSA) is 104 Å². The first-order valence-corrected chi connectivity index (χ1v) is 9.23. The standard InChI is InChI=1S/C19H20BrN5O3/c1-27-15-5-3-4-12(8-15)10-22-19(26)17-18(21)25(24-23-17)11-13-9-14(20)6-7-16(13)28-2/h3-9H,10-11,21H2,1-2H3,(H,22,26). The molecule has 1 amide bonds. The predicted octanol–water partition coefficient (Wildman–Crippen LogP) is 2.62. The number of aromatic nitrogens is 3. The lowest BCUT2D eigenvalue weighted by Gasteiger charge is -2.10. The van der Waals surface area contributed by atoms with E-state index in [1.54, 1.807) is 14.2 Å². The number of benzene rings is 2. The summed E-state index contributed by atoms with van der Waals surface area (Å²) in [6, 6.07) is 13.1. The van der Waals surface area contributed by atoms with E-state index in [4.69, 9.17) is 15.2 Å². The second kappa shape index (κ2) is 8.75. The molecule has 0 atom stereocenters. The summed E-state index contributed by atoms with van der Waals surface area (Å²) in [6.07, 6.45) is 0. The first-order chi connectivity index (χ1) is 13.5. The third-order valence-electron chi connectivity index (χ3n) is 4.14. The van der Waals surface area contributed by atoms with Gasteiger partial charge >= 0.3 is 0 Å². The zero-order valence-electron chi connectivity index (χ0n) is 15.5. The molecule has 8 nitrogen and oxygen atoms in total. The van der Waals surface area contributed by atoms with Gasteiger partial charge in [-0.1, -0.05) is 33.3 Å². The Kier molecular flexibility index (Phi) is 6.15. The highest BCUT2D eigenvalue weighted by atomic mass is 79.9. The molecule has 0 saturated carbocycles. The van der Waals surface area contributed by atoms with Gasteiger partial charge in [0.2, 0.25) is 0 Å². The Bertz CT molecular complexity index is 989. The fourth-order valence-corrected chi connectivity index (χ4v) is 3.09. The maximum atomic E-state index is 12.5.